The van der Waals surface area contributed by atoms with Crippen LogP contribution >= 0.6 is 0 Å². The number of aromatic amines is 2. The first-order valence-corrected chi connectivity index (χ1v) is 10.9. The summed E-state index contributed by atoms with van der Waals surface area (Å²) >= 11 is 0. The minimum Gasteiger partial charge on any atom is -0.472 e. The molecule has 33 heavy (non-hydrogen) atoms. The van der Waals surface area contributed by atoms with Crippen molar-refractivity contribution in [3.63, 3.8) is 0 Å². The Balaban J connectivity index is 1.45. The van der Waals surface area contributed by atoms with Gasteiger partial charge in [-0.05, 0) is 49.7 Å². The molecular weight excluding hydrogens is 412 g/mol. The number of nitrogens with one attached hydrogen (secondary N) is 3. The molecule has 0 radical (unpaired) electrons. The van der Waals surface area contributed by atoms with Crippen LogP contribution in [0.1, 0.15) is 13.8 Å². The number of aromatic nitrogens is 5. The van der Waals surface area contributed by atoms with Crippen LogP contribution in [0.5, 0.6) is 0 Å². The fourth-order valence-corrected chi connectivity index (χ4v) is 4.24. The smallest absolute Gasteiger partial charge is 0.116 e. The number of hydrogen-bond acceptors (Lipinski definition) is 5. The van der Waals surface area contributed by atoms with Gasteiger partial charge in [0, 0.05) is 52.1 Å². The first-order chi connectivity index (χ1) is 16.2. The number of furan rings is 1. The normalized spacial score (nSPS) is 11.6. The molecule has 7 nitrogen and oxygen atoms in total. The maximum Gasteiger partial charge on any atom is 0.116 e. The summed E-state index contributed by atoms with van der Waals surface area (Å²) in [4.78, 5) is 12.3. The molecule has 0 fully saturated rings. The van der Waals surface area contributed by atoms with E-state index in [-0.39, 0.29) is 0 Å². The highest BCUT2D eigenvalue weighted by Crippen LogP contribution is 2.35. The molecule has 7 heteroatoms. The summed E-state index contributed by atoms with van der Waals surface area (Å²) in [7, 11) is 0. The van der Waals surface area contributed by atoms with Gasteiger partial charge in [-0.1, -0.05) is 6.07 Å². The van der Waals surface area contributed by atoms with E-state index < -0.39 is 0 Å². The van der Waals surface area contributed by atoms with Crippen molar-refractivity contribution >= 4 is 27.5 Å². The Bertz CT molecular complexity index is 1580. The number of rotatable bonds is 5. The SMILES string of the molecule is CC(C)Nc1cncc(-c2ccc3[nH]nc(-c4cc5c(-c6ccoc6)cncc5[nH]4)c3c2)c1. The lowest BCUT2D eigenvalue weighted by molar-refractivity contribution is 0.568. The van der Waals surface area contributed by atoms with E-state index in [2.05, 4.69) is 74.6 Å². The van der Waals surface area contributed by atoms with Gasteiger partial charge < -0.3 is 14.7 Å². The third-order valence-electron chi connectivity index (χ3n) is 5.72. The average molecular weight is 435 g/mol. The number of anilines is 1. The molecule has 0 aliphatic carbocycles. The second kappa shape index (κ2) is 7.63. The van der Waals surface area contributed by atoms with Gasteiger partial charge in [0.05, 0.1) is 41.1 Å². The maximum absolute atomic E-state index is 5.27. The molecule has 0 atom stereocenters. The van der Waals surface area contributed by atoms with Gasteiger partial charge in [0.1, 0.15) is 5.69 Å². The molecule has 0 unspecified atom stereocenters. The van der Waals surface area contributed by atoms with Crippen LogP contribution in [0.15, 0.2) is 78.1 Å². The maximum atomic E-state index is 5.27. The summed E-state index contributed by atoms with van der Waals surface area (Å²) in [5.74, 6) is 0. The minimum absolute atomic E-state index is 0.341. The molecule has 0 aliphatic rings. The number of hydrogen-bond donors (Lipinski definition) is 3. The van der Waals surface area contributed by atoms with Crippen LogP contribution < -0.4 is 5.32 Å². The van der Waals surface area contributed by atoms with Crippen LogP contribution in [-0.2, 0) is 0 Å². The van der Waals surface area contributed by atoms with Crippen molar-refractivity contribution in [1.29, 1.82) is 0 Å². The van der Waals surface area contributed by atoms with E-state index in [9.17, 15) is 0 Å². The van der Waals surface area contributed by atoms with Gasteiger partial charge in [0.2, 0.25) is 0 Å². The summed E-state index contributed by atoms with van der Waals surface area (Å²) in [6, 6.07) is 12.8. The summed E-state index contributed by atoms with van der Waals surface area (Å²) in [6.45, 7) is 4.23. The molecule has 0 saturated carbocycles. The number of H-pyrrole nitrogens is 2. The fraction of sp³-hybridized carbons (Fsp3) is 0.115. The van der Waals surface area contributed by atoms with Crippen LogP contribution in [0.3, 0.4) is 0 Å². The van der Waals surface area contributed by atoms with Crippen molar-refractivity contribution < 1.29 is 4.42 Å². The second-order valence-electron chi connectivity index (χ2n) is 8.44. The largest absolute Gasteiger partial charge is 0.472 e. The number of benzene rings is 1. The third kappa shape index (κ3) is 3.43. The first kappa shape index (κ1) is 19.3. The Morgan fingerprint density at radius 3 is 2.61 bits per heavy atom. The van der Waals surface area contributed by atoms with E-state index in [1.165, 1.54) is 0 Å². The molecule has 0 aliphatic heterocycles. The molecule has 162 valence electrons. The van der Waals surface area contributed by atoms with Crippen LogP contribution in [-0.4, -0.2) is 31.2 Å². The van der Waals surface area contributed by atoms with Crippen molar-refractivity contribution in [1.82, 2.24) is 25.1 Å². The lowest BCUT2D eigenvalue weighted by Crippen LogP contribution is -2.09. The first-order valence-electron chi connectivity index (χ1n) is 10.9. The van der Waals surface area contributed by atoms with E-state index in [0.29, 0.717) is 6.04 Å². The highest BCUT2D eigenvalue weighted by Gasteiger charge is 2.15. The molecule has 0 amide bonds. The molecule has 0 spiro atoms. The van der Waals surface area contributed by atoms with Crippen LogP contribution in [0.2, 0.25) is 0 Å². The summed E-state index contributed by atoms with van der Waals surface area (Å²) in [5, 5.41) is 13.3. The van der Waals surface area contributed by atoms with Gasteiger partial charge in [-0.15, -0.1) is 0 Å². The molecule has 0 bridgehead atoms. The molecule has 5 aromatic heterocycles. The zero-order valence-electron chi connectivity index (χ0n) is 18.3. The Kier molecular flexibility index (Phi) is 4.47. The Labute approximate surface area is 189 Å². The second-order valence-corrected chi connectivity index (χ2v) is 8.44. The fourth-order valence-electron chi connectivity index (χ4n) is 4.24. The van der Waals surface area contributed by atoms with E-state index in [1.807, 2.05) is 30.9 Å². The van der Waals surface area contributed by atoms with Crippen LogP contribution in [0.25, 0.3) is 55.4 Å². The van der Waals surface area contributed by atoms with Crippen molar-refractivity contribution in [3.8, 4) is 33.6 Å². The predicted molar refractivity (Wildman–Crippen MR) is 131 cm³/mol. The zero-order valence-corrected chi connectivity index (χ0v) is 18.3. The summed E-state index contributed by atoms with van der Waals surface area (Å²) < 4.78 is 5.27. The van der Waals surface area contributed by atoms with Gasteiger partial charge in [-0.3, -0.25) is 15.1 Å². The van der Waals surface area contributed by atoms with E-state index in [4.69, 9.17) is 4.42 Å². The Hall–Kier alpha value is -4.39. The Morgan fingerprint density at radius 2 is 1.76 bits per heavy atom. The average Bonchev–Trinajstić information content (AvgIpc) is 3.57. The number of pyridine rings is 2. The summed E-state index contributed by atoms with van der Waals surface area (Å²) in [5.41, 5.74) is 8.88. The summed E-state index contributed by atoms with van der Waals surface area (Å²) in [6.07, 6.45) is 10.8. The van der Waals surface area contributed by atoms with E-state index in [1.54, 1.807) is 12.5 Å². The van der Waals surface area contributed by atoms with Gasteiger partial charge in [0.15, 0.2) is 0 Å². The van der Waals surface area contributed by atoms with Crippen molar-refractivity contribution in [2.24, 2.45) is 0 Å². The quantitative estimate of drug-likeness (QED) is 0.298. The molecule has 6 rings (SSSR count). The van der Waals surface area contributed by atoms with Crippen LogP contribution in [0.4, 0.5) is 5.69 Å². The minimum atomic E-state index is 0.341. The molecule has 0 saturated heterocycles. The monoisotopic (exact) mass is 434 g/mol. The number of nitrogens with zero attached hydrogens (tertiary/aromatic N) is 3. The molecule has 5 heterocycles. The lowest BCUT2D eigenvalue weighted by atomic mass is 10.0. The van der Waals surface area contributed by atoms with Gasteiger partial charge in [0.25, 0.3) is 0 Å². The molecule has 3 N–H and O–H groups in total. The van der Waals surface area contributed by atoms with Crippen LogP contribution in [0, 0.1) is 0 Å². The molecular formula is C26H22N6O. The molecule has 6 aromatic rings. The van der Waals surface area contributed by atoms with Crippen molar-refractivity contribution in [3.05, 3.63) is 73.7 Å². The highest BCUT2D eigenvalue weighted by molar-refractivity contribution is 6.01. The topological polar surface area (TPSA) is 95.4 Å². The Morgan fingerprint density at radius 1 is 0.848 bits per heavy atom. The van der Waals surface area contributed by atoms with Crippen molar-refractivity contribution in [2.45, 2.75) is 19.9 Å². The molecule has 1 aromatic carbocycles. The van der Waals surface area contributed by atoms with E-state index in [0.717, 1.165) is 61.1 Å². The van der Waals surface area contributed by atoms with Gasteiger partial charge >= 0.3 is 0 Å². The third-order valence-corrected chi connectivity index (χ3v) is 5.72. The van der Waals surface area contributed by atoms with Gasteiger partial charge in [-0.2, -0.15) is 5.10 Å². The lowest BCUT2D eigenvalue weighted by Gasteiger charge is -2.11. The standard InChI is InChI=1S/C26H22N6O/c1-15(2)29-19-7-18(10-27-11-19)16-3-4-23-21(8-16)26(32-31-23)24-9-20-22(17-5-6-33-14-17)12-28-13-25(20)30-24/h3-15,29-30H,1-2H3,(H,31,32). The highest BCUT2D eigenvalue weighted by atomic mass is 16.3. The van der Waals surface area contributed by atoms with Gasteiger partial charge in [-0.25, -0.2) is 0 Å². The van der Waals surface area contributed by atoms with E-state index >= 15 is 0 Å². The number of fused-ring (bicyclic) bond motifs is 2. The zero-order chi connectivity index (χ0) is 22.4. The predicted octanol–water partition coefficient (Wildman–Crippen LogP) is 6.25. The van der Waals surface area contributed by atoms with Crippen molar-refractivity contribution in [2.75, 3.05) is 5.32 Å².